The third-order valence-corrected chi connectivity index (χ3v) is 6.83. The molecule has 3 aromatic carbocycles. The summed E-state index contributed by atoms with van der Waals surface area (Å²) in [6.07, 6.45) is 1.56. The summed E-state index contributed by atoms with van der Waals surface area (Å²) in [4.78, 5) is 27.0. The third kappa shape index (κ3) is 6.26. The molecule has 1 saturated heterocycles. The Bertz CT molecular complexity index is 1220. The molecule has 36 heavy (non-hydrogen) atoms. The Balaban J connectivity index is 1.38. The quantitative estimate of drug-likeness (QED) is 0.310. The number of ether oxygens (including phenoxy) is 2. The molecule has 1 heterocycles. The molecule has 8 heteroatoms. The van der Waals surface area contributed by atoms with Crippen LogP contribution >= 0.6 is 11.8 Å². The fourth-order valence-corrected chi connectivity index (χ4v) is 5.05. The lowest BCUT2D eigenvalue weighted by atomic mass is 10.1. The summed E-state index contributed by atoms with van der Waals surface area (Å²) in [7, 11) is 0. The van der Waals surface area contributed by atoms with Gasteiger partial charge in [-0.15, -0.1) is 11.8 Å². The minimum atomic E-state index is -0.315. The lowest BCUT2D eigenvalue weighted by molar-refractivity contribution is -0.128. The van der Waals surface area contributed by atoms with Crippen LogP contribution < -0.4 is 14.9 Å². The summed E-state index contributed by atoms with van der Waals surface area (Å²) >= 11 is 1.60. The zero-order valence-electron chi connectivity index (χ0n) is 20.3. The second-order valence-corrected chi connectivity index (χ2v) is 9.13. The number of amides is 2. The normalized spacial score (nSPS) is 15.3. The minimum absolute atomic E-state index is 0.0768. The van der Waals surface area contributed by atoms with E-state index < -0.39 is 0 Å². The van der Waals surface area contributed by atoms with Crippen molar-refractivity contribution in [2.24, 2.45) is 5.10 Å². The molecule has 1 N–H and O–H groups in total. The van der Waals surface area contributed by atoms with Gasteiger partial charge < -0.3 is 14.4 Å². The second kappa shape index (κ2) is 12.3. The van der Waals surface area contributed by atoms with Crippen LogP contribution in [0.4, 0.5) is 0 Å². The predicted molar refractivity (Wildman–Crippen MR) is 142 cm³/mol. The zero-order chi connectivity index (χ0) is 25.3. The lowest BCUT2D eigenvalue weighted by Gasteiger charge is -2.24. The van der Waals surface area contributed by atoms with Gasteiger partial charge in [-0.05, 0) is 60.9 Å². The van der Waals surface area contributed by atoms with Crippen molar-refractivity contribution < 1.29 is 19.1 Å². The van der Waals surface area contributed by atoms with E-state index in [4.69, 9.17) is 9.47 Å². The van der Waals surface area contributed by atoms with Crippen molar-refractivity contribution in [2.45, 2.75) is 25.8 Å². The maximum absolute atomic E-state index is 12.6. The number of benzene rings is 3. The molecule has 1 aliphatic rings. The van der Waals surface area contributed by atoms with Gasteiger partial charge in [-0.3, -0.25) is 9.59 Å². The van der Waals surface area contributed by atoms with E-state index in [2.05, 4.69) is 10.5 Å². The van der Waals surface area contributed by atoms with E-state index >= 15 is 0 Å². The smallest absolute Gasteiger partial charge is 0.271 e. The molecule has 1 aliphatic heterocycles. The number of hydrazone groups is 1. The highest BCUT2D eigenvalue weighted by Gasteiger charge is 2.32. The van der Waals surface area contributed by atoms with Gasteiger partial charge in [-0.1, -0.05) is 42.5 Å². The van der Waals surface area contributed by atoms with E-state index in [-0.39, 0.29) is 17.2 Å². The number of carbonyl (C=O) groups is 2. The van der Waals surface area contributed by atoms with Crippen LogP contribution in [0.15, 0.2) is 77.9 Å². The van der Waals surface area contributed by atoms with Gasteiger partial charge >= 0.3 is 0 Å². The van der Waals surface area contributed by atoms with E-state index in [1.165, 1.54) is 0 Å². The molecule has 2 amide bonds. The van der Waals surface area contributed by atoms with Crippen LogP contribution in [-0.4, -0.2) is 41.9 Å². The van der Waals surface area contributed by atoms with Crippen LogP contribution in [0.5, 0.6) is 11.5 Å². The molecule has 3 aromatic rings. The zero-order valence-corrected chi connectivity index (χ0v) is 21.2. The molecule has 0 bridgehead atoms. The van der Waals surface area contributed by atoms with Gasteiger partial charge in [0.15, 0.2) is 11.5 Å². The first kappa shape index (κ1) is 25.3. The van der Waals surface area contributed by atoms with Gasteiger partial charge in [0, 0.05) is 12.1 Å². The van der Waals surface area contributed by atoms with Crippen molar-refractivity contribution >= 4 is 29.8 Å². The maximum Gasteiger partial charge on any atom is 0.271 e. The largest absolute Gasteiger partial charge is 0.490 e. The molecular formula is C28H29N3O4S. The number of nitrogens with zero attached hydrogens (tertiary/aromatic N) is 2. The van der Waals surface area contributed by atoms with Crippen molar-refractivity contribution in [3.05, 3.63) is 95.1 Å². The molecule has 7 nitrogen and oxygen atoms in total. The van der Waals surface area contributed by atoms with E-state index in [0.717, 1.165) is 16.7 Å². The maximum atomic E-state index is 12.6. The summed E-state index contributed by atoms with van der Waals surface area (Å²) in [6, 6.07) is 22.8. The Morgan fingerprint density at radius 2 is 1.75 bits per heavy atom. The van der Waals surface area contributed by atoms with Crippen LogP contribution in [0.25, 0.3) is 0 Å². The first-order valence-electron chi connectivity index (χ1n) is 11.9. The minimum Gasteiger partial charge on any atom is -0.490 e. The second-order valence-electron chi connectivity index (χ2n) is 8.06. The van der Waals surface area contributed by atoms with Gasteiger partial charge in [0.05, 0.1) is 25.2 Å². The standard InChI is InChI=1S/C28H29N3O4S/c1-3-34-24-15-10-21(16-25(24)35-4-2)17-29-30-27(33)22-11-13-23(14-12-22)28-31(26(32)19-36-28)18-20-8-6-5-7-9-20/h5-17,28H,3-4,18-19H2,1-2H3,(H,30,33)/b29-17-/t28-/m1/s1. The molecular weight excluding hydrogens is 474 g/mol. The Hall–Kier alpha value is -3.78. The monoisotopic (exact) mass is 503 g/mol. The van der Waals surface area contributed by atoms with Crippen molar-refractivity contribution in [3.63, 3.8) is 0 Å². The molecule has 1 atom stereocenters. The highest BCUT2D eigenvalue weighted by atomic mass is 32.2. The molecule has 0 saturated carbocycles. The summed E-state index contributed by atoms with van der Waals surface area (Å²) in [6.45, 7) is 5.45. The Labute approximate surface area is 215 Å². The van der Waals surface area contributed by atoms with E-state index in [9.17, 15) is 9.59 Å². The fourth-order valence-electron chi connectivity index (χ4n) is 3.86. The van der Waals surface area contributed by atoms with E-state index in [1.807, 2.05) is 79.4 Å². The third-order valence-electron chi connectivity index (χ3n) is 5.57. The van der Waals surface area contributed by atoms with Crippen molar-refractivity contribution in [1.29, 1.82) is 0 Å². The SMILES string of the molecule is CCOc1ccc(/C=N\NC(=O)c2ccc([C@H]3SCC(=O)N3Cc3ccccc3)cc2)cc1OCC. The van der Waals surface area contributed by atoms with Crippen LogP contribution in [0.2, 0.25) is 0 Å². The topological polar surface area (TPSA) is 80.2 Å². The van der Waals surface area contributed by atoms with Crippen LogP contribution in [0, 0.1) is 0 Å². The first-order valence-corrected chi connectivity index (χ1v) is 12.9. The van der Waals surface area contributed by atoms with E-state index in [1.54, 1.807) is 30.1 Å². The molecule has 0 aliphatic carbocycles. The average molecular weight is 504 g/mol. The lowest BCUT2D eigenvalue weighted by Crippen LogP contribution is -2.27. The van der Waals surface area contributed by atoms with Gasteiger partial charge in [0.2, 0.25) is 5.91 Å². The van der Waals surface area contributed by atoms with Gasteiger partial charge in [-0.25, -0.2) is 5.43 Å². The molecule has 0 spiro atoms. The molecule has 4 rings (SSSR count). The van der Waals surface area contributed by atoms with Crippen LogP contribution in [0.1, 0.15) is 46.3 Å². The van der Waals surface area contributed by atoms with Crippen molar-refractivity contribution in [3.8, 4) is 11.5 Å². The summed E-state index contributed by atoms with van der Waals surface area (Å²) in [5.74, 6) is 1.56. The molecule has 0 unspecified atom stereocenters. The number of thioether (sulfide) groups is 1. The Morgan fingerprint density at radius 1 is 1.03 bits per heavy atom. The van der Waals surface area contributed by atoms with Crippen molar-refractivity contribution in [2.75, 3.05) is 19.0 Å². The number of carbonyl (C=O) groups excluding carboxylic acids is 2. The highest BCUT2D eigenvalue weighted by molar-refractivity contribution is 8.00. The molecule has 0 aromatic heterocycles. The van der Waals surface area contributed by atoms with Gasteiger partial charge in [0.1, 0.15) is 5.37 Å². The predicted octanol–water partition coefficient (Wildman–Crippen LogP) is 5.02. The number of nitrogens with one attached hydrogen (secondary N) is 1. The van der Waals surface area contributed by atoms with Crippen LogP contribution in [-0.2, 0) is 11.3 Å². The summed E-state index contributed by atoms with van der Waals surface area (Å²) in [5.41, 5.74) is 5.91. The number of rotatable bonds is 10. The van der Waals surface area contributed by atoms with Crippen LogP contribution in [0.3, 0.4) is 0 Å². The van der Waals surface area contributed by atoms with Gasteiger partial charge in [-0.2, -0.15) is 5.10 Å². The number of hydrogen-bond acceptors (Lipinski definition) is 6. The summed E-state index contributed by atoms with van der Waals surface area (Å²) in [5, 5.41) is 4.01. The molecule has 0 radical (unpaired) electrons. The fraction of sp³-hybridized carbons (Fsp3) is 0.250. The molecule has 186 valence electrons. The Kier molecular flexibility index (Phi) is 8.62. The van der Waals surface area contributed by atoms with Crippen molar-refractivity contribution in [1.82, 2.24) is 10.3 Å². The van der Waals surface area contributed by atoms with E-state index in [0.29, 0.717) is 42.6 Å². The number of hydrogen-bond donors (Lipinski definition) is 1. The molecule has 1 fully saturated rings. The highest BCUT2D eigenvalue weighted by Crippen LogP contribution is 2.39. The average Bonchev–Trinajstić information content (AvgIpc) is 3.26. The summed E-state index contributed by atoms with van der Waals surface area (Å²) < 4.78 is 11.2. The van der Waals surface area contributed by atoms with Gasteiger partial charge in [0.25, 0.3) is 5.91 Å². The first-order chi connectivity index (χ1) is 17.6. The Morgan fingerprint density at radius 3 is 2.47 bits per heavy atom.